The van der Waals surface area contributed by atoms with E-state index >= 15 is 0 Å². The number of carbonyl (C=O) groups excluding carboxylic acids is 3. The van der Waals surface area contributed by atoms with Gasteiger partial charge in [0.1, 0.15) is 5.41 Å². The summed E-state index contributed by atoms with van der Waals surface area (Å²) in [5, 5.41) is 2.92. The largest absolute Gasteiger partial charge is 0.468 e. The Kier molecular flexibility index (Phi) is 7.88. The number of benzene rings is 1. The average molecular weight is 427 g/mol. The molecule has 1 aliphatic carbocycles. The Morgan fingerprint density at radius 1 is 1.23 bits per heavy atom. The van der Waals surface area contributed by atoms with Crippen molar-refractivity contribution in [1.29, 1.82) is 0 Å². The summed E-state index contributed by atoms with van der Waals surface area (Å²) in [6, 6.07) is 9.78. The van der Waals surface area contributed by atoms with Crippen molar-refractivity contribution in [3.8, 4) is 0 Å². The smallest absolute Gasteiger partial charge is 0.317 e. The lowest BCUT2D eigenvalue weighted by molar-refractivity contribution is -0.160. The number of amides is 2. The van der Waals surface area contributed by atoms with Crippen molar-refractivity contribution in [1.82, 2.24) is 10.2 Å². The molecule has 1 heterocycles. The molecule has 1 aromatic rings. The van der Waals surface area contributed by atoms with E-state index in [0.717, 1.165) is 43.4 Å². The van der Waals surface area contributed by atoms with Crippen molar-refractivity contribution < 1.29 is 19.1 Å². The van der Waals surface area contributed by atoms with E-state index in [2.05, 4.69) is 12.2 Å². The standard InChI is InChI=1S/C25H34N2O4/c1-3-4-15-26-22(28)16-20-17-25(24(30)31-2)14-10-6-9-13-21(25)27(23(20)29)18-19-11-7-5-8-12-19/h5,7-8,11-13,20H,3-4,6,9-10,14-18H2,1-2H3,(H,26,28)/t20-,25+/m1/s1. The average Bonchev–Trinajstić information content (AvgIpc) is 3.00. The molecule has 1 N–H and O–H groups in total. The minimum absolute atomic E-state index is 0.0813. The molecule has 6 nitrogen and oxygen atoms in total. The predicted molar refractivity (Wildman–Crippen MR) is 119 cm³/mol. The van der Waals surface area contributed by atoms with Gasteiger partial charge in [-0.1, -0.05) is 56.2 Å². The third kappa shape index (κ3) is 5.17. The fourth-order valence-electron chi connectivity index (χ4n) is 4.83. The van der Waals surface area contributed by atoms with E-state index in [1.807, 2.05) is 36.4 Å². The fourth-order valence-corrected chi connectivity index (χ4v) is 4.83. The summed E-state index contributed by atoms with van der Waals surface area (Å²) in [5.74, 6) is -1.06. The molecule has 0 aromatic heterocycles. The summed E-state index contributed by atoms with van der Waals surface area (Å²) in [6.45, 7) is 3.06. The van der Waals surface area contributed by atoms with Crippen molar-refractivity contribution in [2.45, 2.75) is 64.8 Å². The Labute approximate surface area is 185 Å². The second kappa shape index (κ2) is 10.6. The van der Waals surface area contributed by atoms with Crippen LogP contribution in [0.2, 0.25) is 0 Å². The van der Waals surface area contributed by atoms with Crippen LogP contribution in [0, 0.1) is 11.3 Å². The van der Waals surface area contributed by atoms with Crippen molar-refractivity contribution in [3.63, 3.8) is 0 Å². The van der Waals surface area contributed by atoms with Crippen LogP contribution in [0.1, 0.15) is 63.9 Å². The molecule has 0 bridgehead atoms. The molecule has 0 unspecified atom stereocenters. The highest BCUT2D eigenvalue weighted by atomic mass is 16.5. The van der Waals surface area contributed by atoms with E-state index in [9.17, 15) is 14.4 Å². The normalized spacial score (nSPS) is 23.4. The maximum absolute atomic E-state index is 13.6. The summed E-state index contributed by atoms with van der Waals surface area (Å²) in [7, 11) is 1.41. The van der Waals surface area contributed by atoms with Crippen LogP contribution < -0.4 is 5.32 Å². The van der Waals surface area contributed by atoms with E-state index in [4.69, 9.17) is 4.74 Å². The molecule has 0 saturated carbocycles. The number of fused-ring (bicyclic) bond motifs is 1. The van der Waals surface area contributed by atoms with E-state index < -0.39 is 11.3 Å². The molecule has 168 valence electrons. The number of nitrogens with one attached hydrogen (secondary N) is 1. The van der Waals surface area contributed by atoms with Crippen LogP contribution >= 0.6 is 0 Å². The van der Waals surface area contributed by atoms with Gasteiger partial charge in [0.25, 0.3) is 0 Å². The molecule has 1 aliphatic heterocycles. The molecule has 2 atom stereocenters. The number of hydrogen-bond acceptors (Lipinski definition) is 4. The lowest BCUT2D eigenvalue weighted by atomic mass is 9.69. The number of unbranched alkanes of at least 4 members (excludes halogenated alkanes) is 1. The zero-order chi connectivity index (χ0) is 22.3. The number of ether oxygens (including phenoxy) is 1. The van der Waals surface area contributed by atoms with Crippen LogP contribution in [0.3, 0.4) is 0 Å². The predicted octanol–water partition coefficient (Wildman–Crippen LogP) is 3.96. The van der Waals surface area contributed by atoms with Gasteiger partial charge in [-0.2, -0.15) is 0 Å². The number of hydrogen-bond donors (Lipinski definition) is 1. The number of methoxy groups -OCH3 is 1. The first-order valence-electron chi connectivity index (χ1n) is 11.4. The van der Waals surface area contributed by atoms with Crippen molar-refractivity contribution >= 4 is 17.8 Å². The van der Waals surface area contributed by atoms with Crippen LogP contribution in [0.25, 0.3) is 0 Å². The van der Waals surface area contributed by atoms with E-state index in [-0.39, 0.29) is 24.2 Å². The molecule has 6 heteroatoms. The first-order chi connectivity index (χ1) is 15.0. The van der Waals surface area contributed by atoms with Crippen LogP contribution in [-0.2, 0) is 25.7 Å². The van der Waals surface area contributed by atoms with E-state index in [1.54, 1.807) is 4.90 Å². The Hall–Kier alpha value is -2.63. The third-order valence-corrected chi connectivity index (χ3v) is 6.43. The van der Waals surface area contributed by atoms with Crippen LogP contribution in [0.4, 0.5) is 0 Å². The summed E-state index contributed by atoms with van der Waals surface area (Å²) >= 11 is 0. The minimum Gasteiger partial charge on any atom is -0.468 e. The van der Waals surface area contributed by atoms with Crippen molar-refractivity contribution in [2.24, 2.45) is 11.3 Å². The summed E-state index contributed by atoms with van der Waals surface area (Å²) in [4.78, 5) is 41.0. The van der Waals surface area contributed by atoms with Crippen molar-refractivity contribution in [2.75, 3.05) is 13.7 Å². The molecule has 2 amide bonds. The second-order valence-corrected chi connectivity index (χ2v) is 8.63. The second-order valence-electron chi connectivity index (χ2n) is 8.63. The Morgan fingerprint density at radius 2 is 2.00 bits per heavy atom. The van der Waals surface area contributed by atoms with Crippen molar-refractivity contribution in [3.05, 3.63) is 47.7 Å². The number of carbonyl (C=O) groups is 3. The Bertz CT molecular complexity index is 820. The van der Waals surface area contributed by atoms with E-state index in [0.29, 0.717) is 25.9 Å². The quantitative estimate of drug-likeness (QED) is 0.504. The molecule has 0 radical (unpaired) electrons. The van der Waals surface area contributed by atoms with Gasteiger partial charge >= 0.3 is 5.97 Å². The molecule has 2 aliphatic rings. The van der Waals surface area contributed by atoms with Gasteiger partial charge < -0.3 is 15.0 Å². The number of rotatable bonds is 8. The summed E-state index contributed by atoms with van der Waals surface area (Å²) in [5.41, 5.74) is 0.878. The molecule has 1 aromatic carbocycles. The highest BCUT2D eigenvalue weighted by molar-refractivity contribution is 5.92. The molecule has 3 rings (SSSR count). The summed E-state index contributed by atoms with van der Waals surface area (Å²) in [6.07, 6.45) is 7.69. The zero-order valence-corrected chi connectivity index (χ0v) is 18.7. The van der Waals surface area contributed by atoms with Gasteiger partial charge in [0.2, 0.25) is 11.8 Å². The van der Waals surface area contributed by atoms with Gasteiger partial charge in [-0.3, -0.25) is 14.4 Å². The van der Waals surface area contributed by atoms with Gasteiger partial charge in [0, 0.05) is 24.6 Å². The minimum atomic E-state index is -0.873. The monoisotopic (exact) mass is 426 g/mol. The molecular weight excluding hydrogens is 392 g/mol. The number of piperidine rings is 1. The third-order valence-electron chi connectivity index (χ3n) is 6.43. The van der Waals surface area contributed by atoms with Gasteiger partial charge in [0.05, 0.1) is 13.7 Å². The van der Waals surface area contributed by atoms with Gasteiger partial charge in [-0.05, 0) is 37.7 Å². The first kappa shape index (κ1) is 23.0. The lowest BCUT2D eigenvalue weighted by Crippen LogP contribution is -2.53. The number of allylic oxidation sites excluding steroid dienone is 1. The first-order valence-corrected chi connectivity index (χ1v) is 11.4. The molecule has 31 heavy (non-hydrogen) atoms. The Balaban J connectivity index is 1.94. The maximum Gasteiger partial charge on any atom is 0.317 e. The molecule has 1 saturated heterocycles. The van der Waals surface area contributed by atoms with Gasteiger partial charge in [-0.25, -0.2) is 0 Å². The topological polar surface area (TPSA) is 75.7 Å². The molecule has 0 spiro atoms. The molecule has 1 fully saturated rings. The lowest BCUT2D eigenvalue weighted by Gasteiger charge is -2.46. The summed E-state index contributed by atoms with van der Waals surface area (Å²) < 4.78 is 5.25. The number of esters is 1. The van der Waals surface area contributed by atoms with Gasteiger partial charge in [-0.15, -0.1) is 0 Å². The highest BCUT2D eigenvalue weighted by Crippen LogP contribution is 2.49. The number of likely N-dealkylation sites (tertiary alicyclic amines) is 1. The fraction of sp³-hybridized carbons (Fsp3) is 0.560. The highest BCUT2D eigenvalue weighted by Gasteiger charge is 2.53. The Morgan fingerprint density at radius 3 is 2.71 bits per heavy atom. The van der Waals surface area contributed by atoms with Gasteiger partial charge in [0.15, 0.2) is 0 Å². The number of nitrogens with zero attached hydrogens (tertiary/aromatic N) is 1. The maximum atomic E-state index is 13.6. The zero-order valence-electron chi connectivity index (χ0n) is 18.7. The van der Waals surface area contributed by atoms with E-state index in [1.165, 1.54) is 7.11 Å². The molecular formula is C25H34N2O4. The van der Waals surface area contributed by atoms with Crippen LogP contribution in [-0.4, -0.2) is 36.3 Å². The van der Waals surface area contributed by atoms with Crippen LogP contribution in [0.5, 0.6) is 0 Å². The SMILES string of the molecule is CCCCNC(=O)C[C@@H]1C[C@@]2(C(=O)OC)CCCCC=C2N(Cc2ccccc2)C1=O. The van der Waals surface area contributed by atoms with Crippen LogP contribution in [0.15, 0.2) is 42.1 Å².